The van der Waals surface area contributed by atoms with E-state index < -0.39 is 17.7 Å². The molecular weight excluding hydrogens is 318 g/mol. The second kappa shape index (κ2) is 5.67. The van der Waals surface area contributed by atoms with Crippen molar-refractivity contribution in [2.45, 2.75) is 13.0 Å². The molecular formula is C14H11BrF2O2. The van der Waals surface area contributed by atoms with Gasteiger partial charge in [0.25, 0.3) is 0 Å². The Morgan fingerprint density at radius 3 is 2.53 bits per heavy atom. The molecule has 0 aliphatic rings. The van der Waals surface area contributed by atoms with Crippen molar-refractivity contribution in [3.05, 3.63) is 58.1 Å². The first-order valence-electron chi connectivity index (χ1n) is 5.58. The minimum absolute atomic E-state index is 0.00267. The van der Waals surface area contributed by atoms with Crippen LogP contribution in [0.4, 0.5) is 8.78 Å². The number of aliphatic hydroxyl groups is 1. The van der Waals surface area contributed by atoms with Gasteiger partial charge in [-0.15, -0.1) is 0 Å². The number of ether oxygens (including phenoxy) is 1. The van der Waals surface area contributed by atoms with Crippen LogP contribution < -0.4 is 4.74 Å². The number of halogens is 3. The second-order valence-electron chi connectivity index (χ2n) is 4.03. The van der Waals surface area contributed by atoms with E-state index in [4.69, 9.17) is 4.74 Å². The van der Waals surface area contributed by atoms with Crippen molar-refractivity contribution in [2.75, 3.05) is 0 Å². The molecule has 100 valence electrons. The number of hydrogen-bond donors (Lipinski definition) is 1. The van der Waals surface area contributed by atoms with Crippen LogP contribution in [0.3, 0.4) is 0 Å². The van der Waals surface area contributed by atoms with Crippen LogP contribution in [0, 0.1) is 11.6 Å². The first-order chi connectivity index (χ1) is 8.97. The molecule has 0 radical (unpaired) electrons. The van der Waals surface area contributed by atoms with Crippen molar-refractivity contribution in [2.24, 2.45) is 0 Å². The molecule has 1 N–H and O–H groups in total. The summed E-state index contributed by atoms with van der Waals surface area (Å²) in [6, 6.07) is 7.97. The van der Waals surface area contributed by atoms with E-state index in [-0.39, 0.29) is 17.1 Å². The molecule has 2 aromatic rings. The predicted octanol–water partition coefficient (Wildman–Crippen LogP) is 4.57. The van der Waals surface area contributed by atoms with Gasteiger partial charge < -0.3 is 9.84 Å². The van der Waals surface area contributed by atoms with Crippen molar-refractivity contribution in [1.29, 1.82) is 0 Å². The molecule has 2 nitrogen and oxygen atoms in total. The molecule has 0 saturated heterocycles. The van der Waals surface area contributed by atoms with Crippen molar-refractivity contribution < 1.29 is 18.6 Å². The molecule has 0 heterocycles. The molecule has 0 amide bonds. The van der Waals surface area contributed by atoms with E-state index in [2.05, 4.69) is 15.9 Å². The maximum atomic E-state index is 13.6. The monoisotopic (exact) mass is 328 g/mol. The Labute approximate surface area is 117 Å². The highest BCUT2D eigenvalue weighted by Gasteiger charge is 2.13. The van der Waals surface area contributed by atoms with Crippen LogP contribution in [-0.4, -0.2) is 5.11 Å². The van der Waals surface area contributed by atoms with Gasteiger partial charge in [-0.3, -0.25) is 0 Å². The Hall–Kier alpha value is -1.46. The maximum Gasteiger partial charge on any atom is 0.165 e. The lowest BCUT2D eigenvalue weighted by atomic mass is 10.1. The fraction of sp³-hybridized carbons (Fsp3) is 0.143. The van der Waals surface area contributed by atoms with E-state index in [0.717, 1.165) is 6.07 Å². The Kier molecular flexibility index (Phi) is 4.17. The molecule has 0 aromatic heterocycles. The highest BCUT2D eigenvalue weighted by molar-refractivity contribution is 9.10. The van der Waals surface area contributed by atoms with Gasteiger partial charge in [-0.05, 0) is 43.3 Å². The zero-order valence-electron chi connectivity index (χ0n) is 10.0. The van der Waals surface area contributed by atoms with Crippen LogP contribution >= 0.6 is 15.9 Å². The highest BCUT2D eigenvalue weighted by atomic mass is 79.9. The van der Waals surface area contributed by atoms with Gasteiger partial charge in [-0.1, -0.05) is 15.9 Å². The van der Waals surface area contributed by atoms with Crippen LogP contribution in [0.2, 0.25) is 0 Å². The summed E-state index contributed by atoms with van der Waals surface area (Å²) in [5.41, 5.74) is 0.263. The number of rotatable bonds is 3. The number of benzene rings is 2. The fourth-order valence-electron chi connectivity index (χ4n) is 1.61. The van der Waals surface area contributed by atoms with Crippen molar-refractivity contribution in [3.63, 3.8) is 0 Å². The van der Waals surface area contributed by atoms with E-state index in [1.54, 1.807) is 6.07 Å². The largest absolute Gasteiger partial charge is 0.454 e. The molecule has 1 atom stereocenters. The Morgan fingerprint density at radius 2 is 1.84 bits per heavy atom. The third kappa shape index (κ3) is 3.30. The normalized spacial score (nSPS) is 12.3. The van der Waals surface area contributed by atoms with Crippen LogP contribution in [-0.2, 0) is 0 Å². The van der Waals surface area contributed by atoms with E-state index in [0.29, 0.717) is 4.47 Å². The summed E-state index contributed by atoms with van der Waals surface area (Å²) in [4.78, 5) is 0. The van der Waals surface area contributed by atoms with Crippen molar-refractivity contribution in [3.8, 4) is 11.5 Å². The number of aliphatic hydroxyl groups excluding tert-OH is 1. The summed E-state index contributed by atoms with van der Waals surface area (Å²) in [7, 11) is 0. The zero-order chi connectivity index (χ0) is 14.0. The molecule has 0 bridgehead atoms. The number of hydrogen-bond acceptors (Lipinski definition) is 2. The van der Waals surface area contributed by atoms with Gasteiger partial charge in [0.1, 0.15) is 11.6 Å². The average Bonchev–Trinajstić information content (AvgIpc) is 2.35. The lowest BCUT2D eigenvalue weighted by Crippen LogP contribution is -1.98. The molecule has 0 aliphatic heterocycles. The smallest absolute Gasteiger partial charge is 0.165 e. The minimum atomic E-state index is -0.916. The van der Waals surface area contributed by atoms with E-state index in [1.807, 2.05) is 0 Å². The van der Waals surface area contributed by atoms with Gasteiger partial charge in [0.2, 0.25) is 0 Å². The first-order valence-corrected chi connectivity index (χ1v) is 6.37. The standard InChI is InChI=1S/C14H11BrF2O2/c1-8(18)11-7-10(16)3-5-13(11)19-14-6-9(15)2-4-12(14)17/h2-8,18H,1H3. The first kappa shape index (κ1) is 14.0. The van der Waals surface area contributed by atoms with Gasteiger partial charge in [0, 0.05) is 10.0 Å². The van der Waals surface area contributed by atoms with E-state index in [9.17, 15) is 13.9 Å². The lowest BCUT2D eigenvalue weighted by Gasteiger charge is -2.13. The Balaban J connectivity index is 2.40. The third-order valence-electron chi connectivity index (χ3n) is 2.54. The quantitative estimate of drug-likeness (QED) is 0.894. The van der Waals surface area contributed by atoms with Crippen LogP contribution in [0.5, 0.6) is 11.5 Å². The summed E-state index contributed by atoms with van der Waals surface area (Å²) in [5, 5.41) is 9.58. The highest BCUT2D eigenvalue weighted by Crippen LogP contribution is 2.32. The second-order valence-corrected chi connectivity index (χ2v) is 4.95. The van der Waals surface area contributed by atoms with Crippen LogP contribution in [0.1, 0.15) is 18.6 Å². The summed E-state index contributed by atoms with van der Waals surface area (Å²) in [5.74, 6) is -0.807. The Morgan fingerprint density at radius 1 is 1.11 bits per heavy atom. The molecule has 5 heteroatoms. The molecule has 1 unspecified atom stereocenters. The summed E-state index contributed by atoms with van der Waals surface area (Å²) < 4.78 is 32.8. The minimum Gasteiger partial charge on any atom is -0.454 e. The van der Waals surface area contributed by atoms with Gasteiger partial charge in [-0.25, -0.2) is 8.78 Å². The zero-order valence-corrected chi connectivity index (χ0v) is 11.6. The van der Waals surface area contributed by atoms with Crippen LogP contribution in [0.15, 0.2) is 40.9 Å². The Bertz CT molecular complexity index is 600. The molecule has 2 rings (SSSR count). The van der Waals surface area contributed by atoms with E-state index >= 15 is 0 Å². The van der Waals surface area contributed by atoms with Gasteiger partial charge >= 0.3 is 0 Å². The topological polar surface area (TPSA) is 29.5 Å². The third-order valence-corrected chi connectivity index (χ3v) is 3.03. The molecule has 19 heavy (non-hydrogen) atoms. The maximum absolute atomic E-state index is 13.6. The summed E-state index contributed by atoms with van der Waals surface area (Å²) in [6.45, 7) is 1.49. The van der Waals surface area contributed by atoms with Gasteiger partial charge in [0.15, 0.2) is 11.6 Å². The van der Waals surface area contributed by atoms with Gasteiger partial charge in [0.05, 0.1) is 6.10 Å². The van der Waals surface area contributed by atoms with Crippen molar-refractivity contribution >= 4 is 15.9 Å². The van der Waals surface area contributed by atoms with E-state index in [1.165, 1.54) is 31.2 Å². The van der Waals surface area contributed by atoms with Gasteiger partial charge in [-0.2, -0.15) is 0 Å². The predicted molar refractivity (Wildman–Crippen MR) is 71.2 cm³/mol. The summed E-state index contributed by atoms with van der Waals surface area (Å²) in [6.07, 6.45) is -0.916. The molecule has 0 fully saturated rings. The summed E-state index contributed by atoms with van der Waals surface area (Å²) >= 11 is 3.21. The van der Waals surface area contributed by atoms with Crippen LogP contribution in [0.25, 0.3) is 0 Å². The molecule has 2 aromatic carbocycles. The molecule has 0 spiro atoms. The average molecular weight is 329 g/mol. The van der Waals surface area contributed by atoms with Crippen molar-refractivity contribution in [1.82, 2.24) is 0 Å². The SMILES string of the molecule is CC(O)c1cc(F)ccc1Oc1cc(Br)ccc1F. The molecule has 0 aliphatic carbocycles. The fourth-order valence-corrected chi connectivity index (χ4v) is 1.95. The molecule has 0 saturated carbocycles. The lowest BCUT2D eigenvalue weighted by molar-refractivity contribution is 0.195.